The molecule has 1 aliphatic carbocycles. The van der Waals surface area contributed by atoms with Gasteiger partial charge in [-0.1, -0.05) is 23.9 Å². The average molecular weight is 412 g/mol. The zero-order valence-corrected chi connectivity index (χ0v) is 16.8. The van der Waals surface area contributed by atoms with Crippen LogP contribution in [-0.4, -0.2) is 38.4 Å². The quantitative estimate of drug-likeness (QED) is 0.506. The number of amides is 1. The summed E-state index contributed by atoms with van der Waals surface area (Å²) >= 11 is 3.10. The van der Waals surface area contributed by atoms with Crippen molar-refractivity contribution in [2.45, 2.75) is 24.4 Å². The van der Waals surface area contributed by atoms with E-state index in [2.05, 4.69) is 20.5 Å². The molecule has 0 fully saturated rings. The predicted octanol–water partition coefficient (Wildman–Crippen LogP) is 3.57. The van der Waals surface area contributed by atoms with Gasteiger partial charge in [0.1, 0.15) is 16.9 Å². The lowest BCUT2D eigenvalue weighted by Gasteiger charge is -2.09. The molecule has 5 rings (SSSR count). The molecule has 0 unspecified atom stereocenters. The first-order chi connectivity index (χ1) is 13.7. The fourth-order valence-corrected chi connectivity index (χ4v) is 5.46. The second-order valence-electron chi connectivity index (χ2n) is 6.50. The van der Waals surface area contributed by atoms with Gasteiger partial charge in [-0.05, 0) is 37.0 Å². The molecule has 0 saturated carbocycles. The fourth-order valence-electron chi connectivity index (χ4n) is 3.54. The smallest absolute Gasteiger partial charge is 0.234 e. The number of anilines is 1. The molecule has 28 heavy (non-hydrogen) atoms. The largest absolute Gasteiger partial charge is 0.495 e. The van der Waals surface area contributed by atoms with E-state index >= 15 is 0 Å². The van der Waals surface area contributed by atoms with Crippen molar-refractivity contribution in [1.29, 1.82) is 0 Å². The fraction of sp³-hybridized carbons (Fsp3) is 0.263. The number of hydrogen-bond donors (Lipinski definition) is 1. The monoisotopic (exact) mass is 411 g/mol. The Bertz CT molecular complexity index is 1200. The Labute approximate surface area is 169 Å². The van der Waals surface area contributed by atoms with E-state index in [1.165, 1.54) is 28.6 Å². The molecule has 9 heteroatoms. The van der Waals surface area contributed by atoms with Gasteiger partial charge in [-0.15, -0.1) is 21.5 Å². The minimum absolute atomic E-state index is 0.128. The molecule has 1 aromatic carbocycles. The molecule has 3 aromatic heterocycles. The second-order valence-corrected chi connectivity index (χ2v) is 8.52. The number of aromatic nitrogens is 4. The van der Waals surface area contributed by atoms with Crippen LogP contribution in [0.25, 0.3) is 15.9 Å². The van der Waals surface area contributed by atoms with Gasteiger partial charge in [0.2, 0.25) is 5.91 Å². The van der Waals surface area contributed by atoms with Gasteiger partial charge in [-0.25, -0.2) is 4.98 Å². The Kier molecular flexibility index (Phi) is 4.40. The number of rotatable bonds is 5. The molecule has 0 radical (unpaired) electrons. The maximum Gasteiger partial charge on any atom is 0.234 e. The van der Waals surface area contributed by atoms with Crippen LogP contribution in [0.15, 0.2) is 35.7 Å². The number of hydrogen-bond acceptors (Lipinski definition) is 7. The van der Waals surface area contributed by atoms with E-state index in [1.54, 1.807) is 24.8 Å². The van der Waals surface area contributed by atoms with E-state index in [-0.39, 0.29) is 11.7 Å². The van der Waals surface area contributed by atoms with Gasteiger partial charge < -0.3 is 10.1 Å². The first-order valence-corrected chi connectivity index (χ1v) is 10.7. The number of thiophene rings is 1. The van der Waals surface area contributed by atoms with E-state index in [9.17, 15) is 4.79 Å². The first kappa shape index (κ1) is 17.4. The maximum atomic E-state index is 12.4. The number of aryl methyl sites for hydroxylation is 2. The molecule has 0 aliphatic heterocycles. The van der Waals surface area contributed by atoms with Crippen molar-refractivity contribution in [3.8, 4) is 5.75 Å². The van der Waals surface area contributed by atoms with Crippen LogP contribution in [0.1, 0.15) is 16.9 Å². The van der Waals surface area contributed by atoms with Crippen LogP contribution in [0.4, 0.5) is 5.69 Å². The molecule has 0 bridgehead atoms. The zero-order valence-electron chi connectivity index (χ0n) is 15.1. The normalized spacial score (nSPS) is 13.2. The van der Waals surface area contributed by atoms with Crippen LogP contribution in [-0.2, 0) is 17.6 Å². The number of para-hydroxylation sites is 2. The number of nitrogens with zero attached hydrogens (tertiary/aromatic N) is 4. The van der Waals surface area contributed by atoms with Gasteiger partial charge in [0.25, 0.3) is 0 Å². The molecule has 0 atom stereocenters. The van der Waals surface area contributed by atoms with Gasteiger partial charge in [0.05, 0.1) is 23.9 Å². The van der Waals surface area contributed by atoms with E-state index in [0.29, 0.717) is 16.6 Å². The summed E-state index contributed by atoms with van der Waals surface area (Å²) in [6.07, 6.45) is 5.15. The average Bonchev–Trinajstić information content (AvgIpc) is 3.40. The summed E-state index contributed by atoms with van der Waals surface area (Å²) in [5.74, 6) is 0.724. The predicted molar refractivity (Wildman–Crippen MR) is 111 cm³/mol. The van der Waals surface area contributed by atoms with Crippen molar-refractivity contribution < 1.29 is 9.53 Å². The Balaban J connectivity index is 1.37. The molecular weight excluding hydrogens is 394 g/mol. The third kappa shape index (κ3) is 2.91. The molecule has 1 amide bonds. The summed E-state index contributed by atoms with van der Waals surface area (Å²) in [6.45, 7) is 0. The Hall–Kier alpha value is -2.65. The van der Waals surface area contributed by atoms with Gasteiger partial charge in [0, 0.05) is 4.88 Å². The molecule has 1 N–H and O–H groups in total. The Morgan fingerprint density at radius 1 is 1.32 bits per heavy atom. The summed E-state index contributed by atoms with van der Waals surface area (Å²) in [6, 6.07) is 7.34. The van der Waals surface area contributed by atoms with Crippen LogP contribution in [0.3, 0.4) is 0 Å². The topological polar surface area (TPSA) is 81.4 Å². The van der Waals surface area contributed by atoms with Crippen molar-refractivity contribution in [2.24, 2.45) is 0 Å². The third-order valence-corrected chi connectivity index (χ3v) is 6.94. The number of thioether (sulfide) groups is 1. The van der Waals surface area contributed by atoms with Crippen molar-refractivity contribution in [3.05, 3.63) is 41.0 Å². The molecule has 7 nitrogen and oxygen atoms in total. The number of fused-ring (bicyclic) bond motifs is 5. The number of methoxy groups -OCH3 is 1. The van der Waals surface area contributed by atoms with Crippen LogP contribution >= 0.6 is 23.1 Å². The van der Waals surface area contributed by atoms with Crippen LogP contribution in [0, 0.1) is 0 Å². The molecule has 142 valence electrons. The Morgan fingerprint density at radius 2 is 2.21 bits per heavy atom. The highest BCUT2D eigenvalue weighted by molar-refractivity contribution is 7.99. The van der Waals surface area contributed by atoms with Gasteiger partial charge in [0.15, 0.2) is 10.8 Å². The SMILES string of the molecule is COc1ccccc1NC(=O)CSc1nnc2c3c4c(sc3ncn12)CCC4. The zero-order chi connectivity index (χ0) is 19.1. The highest BCUT2D eigenvalue weighted by Gasteiger charge is 2.22. The number of benzene rings is 1. The minimum Gasteiger partial charge on any atom is -0.495 e. The van der Waals surface area contributed by atoms with Crippen molar-refractivity contribution in [2.75, 3.05) is 18.2 Å². The molecule has 0 spiro atoms. The highest BCUT2D eigenvalue weighted by Crippen LogP contribution is 2.38. The summed E-state index contributed by atoms with van der Waals surface area (Å²) < 4.78 is 7.15. The molecule has 1 aliphatic rings. The third-order valence-electron chi connectivity index (χ3n) is 4.79. The van der Waals surface area contributed by atoms with Crippen molar-refractivity contribution in [3.63, 3.8) is 0 Å². The maximum absolute atomic E-state index is 12.4. The number of nitrogens with one attached hydrogen (secondary N) is 1. The second kappa shape index (κ2) is 7.06. The Morgan fingerprint density at radius 3 is 3.11 bits per heavy atom. The summed E-state index contributed by atoms with van der Waals surface area (Å²) in [5, 5.41) is 13.4. The van der Waals surface area contributed by atoms with E-state index in [1.807, 2.05) is 28.7 Å². The van der Waals surface area contributed by atoms with Crippen molar-refractivity contribution in [1.82, 2.24) is 19.6 Å². The lowest BCUT2D eigenvalue weighted by Crippen LogP contribution is -2.15. The summed E-state index contributed by atoms with van der Waals surface area (Å²) in [7, 11) is 1.58. The molecule has 3 heterocycles. The summed E-state index contributed by atoms with van der Waals surface area (Å²) in [4.78, 5) is 19.4. The van der Waals surface area contributed by atoms with Gasteiger partial charge >= 0.3 is 0 Å². The minimum atomic E-state index is -0.128. The van der Waals surface area contributed by atoms with Crippen LogP contribution in [0.2, 0.25) is 0 Å². The van der Waals surface area contributed by atoms with E-state index < -0.39 is 0 Å². The van der Waals surface area contributed by atoms with Crippen molar-refractivity contribution >= 4 is 50.6 Å². The van der Waals surface area contributed by atoms with E-state index in [0.717, 1.165) is 28.7 Å². The van der Waals surface area contributed by atoms with Gasteiger partial charge in [-0.2, -0.15) is 0 Å². The lowest BCUT2D eigenvalue weighted by molar-refractivity contribution is -0.113. The standard InChI is InChI=1S/C19H17N5O2S2/c1-26-13-7-3-2-6-12(13)21-15(25)9-27-19-23-22-17-16-11-5-4-8-14(11)28-18(16)20-10-24(17)19/h2-3,6-7,10H,4-5,8-9H2,1H3,(H,21,25). The molecular formula is C19H17N5O2S2. The first-order valence-electron chi connectivity index (χ1n) is 8.94. The number of carbonyl (C=O) groups is 1. The lowest BCUT2D eigenvalue weighted by atomic mass is 10.2. The number of ether oxygens (including phenoxy) is 1. The van der Waals surface area contributed by atoms with Crippen LogP contribution < -0.4 is 10.1 Å². The van der Waals surface area contributed by atoms with E-state index in [4.69, 9.17) is 4.74 Å². The highest BCUT2D eigenvalue weighted by atomic mass is 32.2. The number of carbonyl (C=O) groups excluding carboxylic acids is 1. The molecule has 4 aromatic rings. The summed E-state index contributed by atoms with van der Waals surface area (Å²) in [5.41, 5.74) is 2.85. The van der Waals surface area contributed by atoms with Crippen LogP contribution in [0.5, 0.6) is 5.75 Å². The molecule has 0 saturated heterocycles. The van der Waals surface area contributed by atoms with Gasteiger partial charge in [-0.3, -0.25) is 9.20 Å².